The average molecular weight is 238 g/mol. The van der Waals surface area contributed by atoms with Crippen LogP contribution in [0.5, 0.6) is 0 Å². The van der Waals surface area contributed by atoms with Crippen LogP contribution in [0.25, 0.3) is 0 Å². The van der Waals surface area contributed by atoms with E-state index in [9.17, 15) is 4.79 Å². The monoisotopic (exact) mass is 238 g/mol. The van der Waals surface area contributed by atoms with Crippen LogP contribution in [-0.4, -0.2) is 54.0 Å². The number of nitrogens with zero attached hydrogens (tertiary/aromatic N) is 2. The maximum atomic E-state index is 10.8. The summed E-state index contributed by atoms with van der Waals surface area (Å²) in [7, 11) is 0. The van der Waals surface area contributed by atoms with Crippen LogP contribution in [0.1, 0.15) is 20.0 Å². The first-order chi connectivity index (χ1) is 9.36. The minimum Gasteiger partial charge on any atom is -0.478 e. The van der Waals surface area contributed by atoms with Gasteiger partial charge in [-0.15, -0.1) is 0 Å². The molecule has 0 unspecified atom stereocenters. The van der Waals surface area contributed by atoms with Gasteiger partial charge in [0.1, 0.15) is 0 Å². The number of hydrogen-bond acceptors (Lipinski definition) is 3. The summed E-state index contributed by atoms with van der Waals surface area (Å²) in [5.74, 6) is -0.928. The highest BCUT2D eigenvalue weighted by atomic mass is 16.4. The van der Waals surface area contributed by atoms with Crippen molar-refractivity contribution in [2.24, 2.45) is 0 Å². The highest BCUT2D eigenvalue weighted by Crippen LogP contribution is 2.09. The van der Waals surface area contributed by atoms with E-state index >= 15 is 0 Å². The van der Waals surface area contributed by atoms with Gasteiger partial charge in [-0.2, -0.15) is 0 Å². The molecule has 1 aliphatic rings. The number of piperazine rings is 1. The molecule has 0 amide bonds. The van der Waals surface area contributed by atoms with Gasteiger partial charge in [-0.1, -0.05) is 12.1 Å². The summed E-state index contributed by atoms with van der Waals surface area (Å²) in [6, 6.07) is 6.80. The largest absolute Gasteiger partial charge is 0.478 e. The maximum Gasteiger partial charge on any atom is 0.335 e. The molecule has 0 spiro atoms. The Morgan fingerprint density at radius 2 is 1.94 bits per heavy atom. The van der Waals surface area contributed by atoms with Crippen molar-refractivity contribution in [3.05, 3.63) is 35.4 Å². The van der Waals surface area contributed by atoms with E-state index < -0.39 is 12.9 Å². The van der Waals surface area contributed by atoms with E-state index in [1.165, 1.54) is 4.90 Å². The number of carboxylic acid groups (broad SMARTS) is 1. The van der Waals surface area contributed by atoms with Crippen LogP contribution in [0.15, 0.2) is 24.3 Å². The lowest BCUT2D eigenvalue weighted by Gasteiger charge is -2.32. The molecule has 0 radical (unpaired) electrons. The van der Waals surface area contributed by atoms with Gasteiger partial charge in [0.2, 0.25) is 0 Å². The molecule has 4 heteroatoms. The molecule has 0 bridgehead atoms. The van der Waals surface area contributed by atoms with Crippen LogP contribution in [0, 0.1) is 0 Å². The van der Waals surface area contributed by atoms with Crippen molar-refractivity contribution in [3.63, 3.8) is 0 Å². The van der Waals surface area contributed by atoms with Gasteiger partial charge in [0, 0.05) is 36.8 Å². The third-order valence-corrected chi connectivity index (χ3v) is 2.98. The fraction of sp³-hybridized carbons (Fsp3) is 0.462. The first-order valence-electron chi connectivity index (χ1n) is 7.16. The highest BCUT2D eigenvalue weighted by molar-refractivity contribution is 5.87. The fourth-order valence-electron chi connectivity index (χ4n) is 1.92. The maximum absolute atomic E-state index is 10.8. The van der Waals surface area contributed by atoms with Crippen LogP contribution in [0.3, 0.4) is 0 Å². The molecular weight excluding hydrogens is 217 g/mol. The summed E-state index contributed by atoms with van der Waals surface area (Å²) >= 11 is 0. The van der Waals surface area contributed by atoms with Crippen molar-refractivity contribution in [1.82, 2.24) is 9.80 Å². The number of carboxylic acids is 1. The molecule has 1 heterocycles. The van der Waals surface area contributed by atoms with Crippen LogP contribution >= 0.6 is 0 Å². The third kappa shape index (κ3) is 3.28. The van der Waals surface area contributed by atoms with Gasteiger partial charge in [0.25, 0.3) is 0 Å². The fourth-order valence-corrected chi connectivity index (χ4v) is 1.92. The average Bonchev–Trinajstić information content (AvgIpc) is 2.39. The first-order valence-corrected chi connectivity index (χ1v) is 5.66. The van der Waals surface area contributed by atoms with E-state index in [2.05, 4.69) is 4.90 Å². The molecule has 0 saturated carbocycles. The second-order valence-corrected chi connectivity index (χ2v) is 4.27. The zero-order chi connectivity index (χ0) is 14.8. The number of rotatable bonds is 3. The number of benzene rings is 1. The summed E-state index contributed by atoms with van der Waals surface area (Å²) in [5, 5.41) is 8.83. The van der Waals surface area contributed by atoms with Gasteiger partial charge in [0.15, 0.2) is 0 Å². The number of hydrogen-bond donors (Lipinski definition) is 1. The quantitative estimate of drug-likeness (QED) is 0.802. The Kier molecular flexibility index (Phi) is 2.70. The molecule has 0 atom stereocenters. The highest BCUT2D eigenvalue weighted by Gasteiger charge is 2.13. The van der Waals surface area contributed by atoms with Crippen molar-refractivity contribution in [2.75, 3.05) is 33.2 Å². The molecular formula is C13H18N2O2. The number of carbonyl (C=O) groups is 1. The lowest BCUT2D eigenvalue weighted by Crippen LogP contribution is -2.43. The second-order valence-electron chi connectivity index (χ2n) is 4.27. The summed E-state index contributed by atoms with van der Waals surface area (Å²) in [5.41, 5.74) is 1.32. The Labute approximate surface area is 106 Å². The Hall–Kier alpha value is -1.39. The molecule has 17 heavy (non-hydrogen) atoms. The van der Waals surface area contributed by atoms with E-state index in [1.54, 1.807) is 24.3 Å². The molecule has 92 valence electrons. The second kappa shape index (κ2) is 5.29. The van der Waals surface area contributed by atoms with E-state index in [-0.39, 0.29) is 5.56 Å². The molecule has 1 N–H and O–H groups in total. The predicted octanol–water partition coefficient (Wildman–Crippen LogP) is 1.13. The van der Waals surface area contributed by atoms with Gasteiger partial charge in [-0.05, 0) is 24.7 Å². The molecule has 2 rings (SSSR count). The zero-order valence-electron chi connectivity index (χ0n) is 12.6. The minimum atomic E-state index is -2.00. The molecule has 0 aromatic heterocycles. The Morgan fingerprint density at radius 3 is 2.47 bits per heavy atom. The van der Waals surface area contributed by atoms with Crippen molar-refractivity contribution < 1.29 is 14.0 Å². The SMILES string of the molecule is [2H][13C]([2H])([2H])N1CCN(Cc2ccc(C(=O)O)cc2)CC1. The van der Waals surface area contributed by atoms with Gasteiger partial charge < -0.3 is 10.0 Å². The lowest BCUT2D eigenvalue weighted by atomic mass is 10.1. The van der Waals surface area contributed by atoms with Crippen LogP contribution in [0.2, 0.25) is 0 Å². The van der Waals surface area contributed by atoms with E-state index in [4.69, 9.17) is 9.22 Å². The van der Waals surface area contributed by atoms with E-state index in [1.807, 2.05) is 0 Å². The van der Waals surface area contributed by atoms with E-state index in [0.29, 0.717) is 26.2 Å². The van der Waals surface area contributed by atoms with Crippen molar-refractivity contribution in [3.8, 4) is 0 Å². The standard InChI is InChI=1S/C13H18N2O2/c1-14-6-8-15(9-7-14)10-11-2-4-12(5-3-11)13(16)17/h2-5H,6-10H2,1H3,(H,16,17)/i1+1D3. The van der Waals surface area contributed by atoms with Gasteiger partial charge in [-0.25, -0.2) is 4.79 Å². The number of aromatic carboxylic acids is 1. The van der Waals surface area contributed by atoms with E-state index in [0.717, 1.165) is 12.1 Å². The summed E-state index contributed by atoms with van der Waals surface area (Å²) < 4.78 is 22.1. The van der Waals surface area contributed by atoms with Crippen LogP contribution < -0.4 is 0 Å². The summed E-state index contributed by atoms with van der Waals surface area (Å²) in [6.07, 6.45) is 0. The third-order valence-electron chi connectivity index (χ3n) is 2.98. The summed E-state index contributed by atoms with van der Waals surface area (Å²) in [6.45, 7) is 1.19. The van der Waals surface area contributed by atoms with Crippen molar-refractivity contribution >= 4 is 5.97 Å². The topological polar surface area (TPSA) is 43.8 Å². The van der Waals surface area contributed by atoms with Gasteiger partial charge in [0.05, 0.1) is 5.56 Å². The molecule has 4 nitrogen and oxygen atoms in total. The normalized spacial score (nSPS) is 21.5. The Balaban J connectivity index is 1.88. The molecule has 1 aromatic carbocycles. The molecule has 1 fully saturated rings. The Morgan fingerprint density at radius 1 is 1.29 bits per heavy atom. The molecule has 0 aliphatic carbocycles. The number of likely N-dealkylation sites (N-methyl/N-ethyl adjacent to an activating group) is 1. The first kappa shape index (κ1) is 8.66. The Bertz CT molecular complexity index is 465. The lowest BCUT2D eigenvalue weighted by molar-refractivity contribution is 0.0697. The molecule has 1 aliphatic heterocycles. The van der Waals surface area contributed by atoms with Gasteiger partial charge in [-0.3, -0.25) is 4.90 Å². The zero-order valence-corrected chi connectivity index (χ0v) is 9.59. The van der Waals surface area contributed by atoms with Crippen molar-refractivity contribution in [1.29, 1.82) is 0 Å². The van der Waals surface area contributed by atoms with Crippen molar-refractivity contribution in [2.45, 2.75) is 6.54 Å². The molecule has 1 aromatic rings. The molecule has 1 saturated heterocycles. The predicted molar refractivity (Wildman–Crippen MR) is 66.2 cm³/mol. The minimum absolute atomic E-state index is 0.279. The van der Waals surface area contributed by atoms with Gasteiger partial charge >= 0.3 is 5.97 Å². The smallest absolute Gasteiger partial charge is 0.335 e. The van der Waals surface area contributed by atoms with Crippen LogP contribution in [-0.2, 0) is 6.54 Å². The summed E-state index contributed by atoms with van der Waals surface area (Å²) in [4.78, 5) is 14.5. The van der Waals surface area contributed by atoms with Crippen LogP contribution in [0.4, 0.5) is 0 Å².